The van der Waals surface area contributed by atoms with E-state index in [1.54, 1.807) is 18.3 Å². The molecule has 0 unspecified atom stereocenters. The quantitative estimate of drug-likeness (QED) is 0.585. The molecule has 134 valence electrons. The Kier molecular flexibility index (Phi) is 4.53. The van der Waals surface area contributed by atoms with Crippen LogP contribution in [-0.4, -0.2) is 20.8 Å². The van der Waals surface area contributed by atoms with Crippen LogP contribution in [0.25, 0.3) is 16.9 Å². The van der Waals surface area contributed by atoms with Crippen molar-refractivity contribution in [2.24, 2.45) is 0 Å². The number of nitrogens with zero attached hydrogens (tertiary/aromatic N) is 3. The molecule has 27 heavy (non-hydrogen) atoms. The van der Waals surface area contributed by atoms with Gasteiger partial charge in [-0.1, -0.05) is 41.6 Å². The predicted molar refractivity (Wildman–Crippen MR) is 101 cm³/mol. The van der Waals surface area contributed by atoms with Gasteiger partial charge in [-0.3, -0.25) is 4.79 Å². The lowest BCUT2D eigenvalue weighted by molar-refractivity contribution is 0.0938. The average molecular weight is 358 g/mol. The van der Waals surface area contributed by atoms with E-state index in [0.717, 1.165) is 16.9 Å². The van der Waals surface area contributed by atoms with Crippen LogP contribution in [0.2, 0.25) is 0 Å². The van der Waals surface area contributed by atoms with Crippen molar-refractivity contribution in [1.82, 2.24) is 20.3 Å². The first-order valence-corrected chi connectivity index (χ1v) is 8.63. The Morgan fingerprint density at radius 2 is 1.93 bits per heavy atom. The van der Waals surface area contributed by atoms with Gasteiger partial charge >= 0.3 is 0 Å². The topological polar surface area (TPSA) is 73.0 Å². The zero-order chi connectivity index (χ0) is 18.6. The molecule has 0 aliphatic rings. The molecule has 2 aromatic carbocycles. The second-order valence-corrected chi connectivity index (χ2v) is 6.16. The number of amides is 1. The molecule has 0 aliphatic heterocycles. The second kappa shape index (κ2) is 7.29. The monoisotopic (exact) mass is 358 g/mol. The van der Waals surface area contributed by atoms with Crippen LogP contribution in [0.3, 0.4) is 0 Å². The molecule has 0 saturated carbocycles. The average Bonchev–Trinajstić information content (AvgIpc) is 3.41. The van der Waals surface area contributed by atoms with Crippen LogP contribution in [0.1, 0.15) is 29.0 Å². The van der Waals surface area contributed by atoms with E-state index < -0.39 is 0 Å². The Hall–Kier alpha value is -3.67. The number of carbonyl (C=O) groups excluding carboxylic acids is 1. The summed E-state index contributed by atoms with van der Waals surface area (Å²) < 4.78 is 6.66. The van der Waals surface area contributed by atoms with Gasteiger partial charge in [0, 0.05) is 17.2 Å². The summed E-state index contributed by atoms with van der Waals surface area (Å²) in [5.74, 6) is -0.180. The van der Waals surface area contributed by atoms with E-state index in [4.69, 9.17) is 4.52 Å². The van der Waals surface area contributed by atoms with Gasteiger partial charge in [-0.15, -0.1) is 0 Å². The van der Waals surface area contributed by atoms with Gasteiger partial charge in [0.1, 0.15) is 12.0 Å². The number of nitrogens with one attached hydrogen (secondary N) is 1. The van der Waals surface area contributed by atoms with Gasteiger partial charge in [-0.05, 0) is 31.2 Å². The second-order valence-electron chi connectivity index (χ2n) is 6.16. The molecule has 4 aromatic rings. The summed E-state index contributed by atoms with van der Waals surface area (Å²) >= 11 is 0. The zero-order valence-electron chi connectivity index (χ0n) is 14.7. The van der Waals surface area contributed by atoms with Crippen molar-refractivity contribution in [3.8, 4) is 16.9 Å². The van der Waals surface area contributed by atoms with Crippen molar-refractivity contribution in [3.63, 3.8) is 0 Å². The number of rotatable bonds is 5. The lowest BCUT2D eigenvalue weighted by Crippen LogP contribution is -2.26. The molecule has 0 spiro atoms. The highest BCUT2D eigenvalue weighted by Gasteiger charge is 2.15. The van der Waals surface area contributed by atoms with Gasteiger partial charge in [0.2, 0.25) is 0 Å². The van der Waals surface area contributed by atoms with E-state index in [1.165, 1.54) is 6.26 Å². The first-order chi connectivity index (χ1) is 13.2. The van der Waals surface area contributed by atoms with Crippen molar-refractivity contribution in [1.29, 1.82) is 0 Å². The third-order valence-electron chi connectivity index (χ3n) is 4.31. The first kappa shape index (κ1) is 16.8. The molecular weight excluding hydrogens is 340 g/mol. The van der Waals surface area contributed by atoms with Gasteiger partial charge in [0.15, 0.2) is 0 Å². The number of aromatic nitrogens is 3. The van der Waals surface area contributed by atoms with Crippen LogP contribution in [0.15, 0.2) is 83.7 Å². The Morgan fingerprint density at radius 3 is 2.70 bits per heavy atom. The fourth-order valence-electron chi connectivity index (χ4n) is 2.91. The van der Waals surface area contributed by atoms with E-state index >= 15 is 0 Å². The molecule has 6 heteroatoms. The van der Waals surface area contributed by atoms with E-state index in [1.807, 2.05) is 66.2 Å². The van der Waals surface area contributed by atoms with Crippen LogP contribution in [0, 0.1) is 0 Å². The minimum absolute atomic E-state index is 0.180. The molecule has 1 atom stereocenters. The van der Waals surface area contributed by atoms with Crippen molar-refractivity contribution in [2.45, 2.75) is 13.0 Å². The zero-order valence-corrected chi connectivity index (χ0v) is 14.7. The maximum Gasteiger partial charge on any atom is 0.251 e. The van der Waals surface area contributed by atoms with Crippen LogP contribution < -0.4 is 5.32 Å². The van der Waals surface area contributed by atoms with Gasteiger partial charge in [0.25, 0.3) is 5.91 Å². The highest BCUT2D eigenvalue weighted by Crippen LogP contribution is 2.22. The first-order valence-electron chi connectivity index (χ1n) is 8.63. The molecular formula is C21H18N4O2. The van der Waals surface area contributed by atoms with Crippen molar-refractivity contribution >= 4 is 5.91 Å². The summed E-state index contributed by atoms with van der Waals surface area (Å²) in [6.45, 7) is 1.86. The highest BCUT2D eigenvalue weighted by molar-refractivity contribution is 5.95. The van der Waals surface area contributed by atoms with Crippen molar-refractivity contribution < 1.29 is 9.32 Å². The van der Waals surface area contributed by atoms with Gasteiger partial charge < -0.3 is 9.84 Å². The molecule has 1 N–H and O–H groups in total. The maximum absolute atomic E-state index is 12.6. The Bertz CT molecular complexity index is 1040. The summed E-state index contributed by atoms with van der Waals surface area (Å²) in [5.41, 5.74) is 4.07. The summed E-state index contributed by atoms with van der Waals surface area (Å²) in [6, 6.07) is 20.8. The van der Waals surface area contributed by atoms with Crippen molar-refractivity contribution in [2.75, 3.05) is 0 Å². The summed E-state index contributed by atoms with van der Waals surface area (Å²) in [7, 11) is 0. The normalized spacial score (nSPS) is 11.9. The molecule has 0 radical (unpaired) electrons. The summed E-state index contributed by atoms with van der Waals surface area (Å²) in [4.78, 5) is 12.6. The van der Waals surface area contributed by atoms with Gasteiger partial charge in [-0.2, -0.15) is 5.10 Å². The van der Waals surface area contributed by atoms with Crippen LogP contribution in [-0.2, 0) is 0 Å². The number of carbonyl (C=O) groups is 1. The van der Waals surface area contributed by atoms with Crippen LogP contribution >= 0.6 is 0 Å². The van der Waals surface area contributed by atoms with E-state index in [0.29, 0.717) is 11.3 Å². The van der Waals surface area contributed by atoms with Gasteiger partial charge in [0.05, 0.1) is 23.6 Å². The fraction of sp³-hybridized carbons (Fsp3) is 0.0952. The standard InChI is InChI=1S/C21H18N4O2/c1-15(19-11-13-27-24-19)23-21(26)17-8-5-9-18(14-17)25-20(10-12-22-25)16-6-3-2-4-7-16/h2-15H,1H3,(H,23,26)/t15-/m0/s1. The minimum atomic E-state index is -0.246. The Balaban J connectivity index is 1.60. The van der Waals surface area contributed by atoms with E-state index in [2.05, 4.69) is 15.6 Å². The van der Waals surface area contributed by atoms with Gasteiger partial charge in [-0.25, -0.2) is 4.68 Å². The smallest absolute Gasteiger partial charge is 0.251 e. The van der Waals surface area contributed by atoms with Crippen molar-refractivity contribution in [3.05, 3.63) is 90.4 Å². The third kappa shape index (κ3) is 3.50. The third-order valence-corrected chi connectivity index (χ3v) is 4.31. The number of hydrogen-bond donors (Lipinski definition) is 1. The SMILES string of the molecule is C[C@H](NC(=O)c1cccc(-n2nccc2-c2ccccc2)c1)c1ccon1. The molecule has 0 saturated heterocycles. The fourth-order valence-corrected chi connectivity index (χ4v) is 2.91. The highest BCUT2D eigenvalue weighted by atomic mass is 16.5. The van der Waals surface area contributed by atoms with E-state index in [9.17, 15) is 4.79 Å². The predicted octanol–water partition coefficient (Wildman–Crippen LogP) is 4.02. The molecule has 2 heterocycles. The molecule has 6 nitrogen and oxygen atoms in total. The number of hydrogen-bond acceptors (Lipinski definition) is 4. The largest absolute Gasteiger partial charge is 0.364 e. The van der Waals surface area contributed by atoms with Crippen LogP contribution in [0.5, 0.6) is 0 Å². The lowest BCUT2D eigenvalue weighted by Gasteiger charge is -2.12. The summed E-state index contributed by atoms with van der Waals surface area (Å²) in [5, 5.41) is 11.2. The van der Waals surface area contributed by atoms with Crippen LogP contribution in [0.4, 0.5) is 0 Å². The molecule has 1 amide bonds. The Labute approximate surface area is 156 Å². The molecule has 0 fully saturated rings. The number of benzene rings is 2. The summed E-state index contributed by atoms with van der Waals surface area (Å²) in [6.07, 6.45) is 3.24. The molecule has 0 bridgehead atoms. The molecule has 2 aromatic heterocycles. The molecule has 0 aliphatic carbocycles. The van der Waals surface area contributed by atoms with E-state index in [-0.39, 0.29) is 11.9 Å². The molecule has 4 rings (SSSR count). The minimum Gasteiger partial charge on any atom is -0.364 e. The maximum atomic E-state index is 12.6. The Morgan fingerprint density at radius 1 is 1.07 bits per heavy atom. The lowest BCUT2D eigenvalue weighted by atomic mass is 10.1.